The lowest BCUT2D eigenvalue weighted by Gasteiger charge is -2.35. The highest BCUT2D eigenvalue weighted by molar-refractivity contribution is 5.58. The molecule has 0 heterocycles. The minimum Gasteiger partial charge on any atom is -0.507 e. The van der Waals surface area contributed by atoms with Crippen molar-refractivity contribution >= 4 is 0 Å². The van der Waals surface area contributed by atoms with Crippen LogP contribution in [0.5, 0.6) is 17.2 Å². The summed E-state index contributed by atoms with van der Waals surface area (Å²) in [5.74, 6) is 1.23. The minimum absolute atomic E-state index is 0.261. The summed E-state index contributed by atoms with van der Waals surface area (Å²) in [7, 11) is 0. The molecule has 0 aliphatic rings. The van der Waals surface area contributed by atoms with Crippen LogP contribution >= 0.6 is 0 Å². The van der Waals surface area contributed by atoms with Crippen LogP contribution in [0.25, 0.3) is 0 Å². The van der Waals surface area contributed by atoms with Gasteiger partial charge in [-0.2, -0.15) is 0 Å². The van der Waals surface area contributed by atoms with Crippen LogP contribution in [-0.4, -0.2) is 15.3 Å². The Hall–Kier alpha value is -3.72. The summed E-state index contributed by atoms with van der Waals surface area (Å²) in [4.78, 5) is 0. The standard InChI is InChI=1S/C41H52O3/c1-10-26-20-34(21-27(11-2)37(26)42)40(7,8)32-16-18-33(19-17-32)41(9,35-22-28(12-3)38(43)29(13-4)23-35)36-24-30(14-5)39(44)31(15-6)25-36/h16-25,42-44H,10-15H2,1-9H3. The number of hydrogen-bond acceptors (Lipinski definition) is 3. The molecule has 4 aromatic rings. The molecule has 0 aliphatic carbocycles. The molecule has 0 atom stereocenters. The Balaban J connectivity index is 1.95. The van der Waals surface area contributed by atoms with Crippen molar-refractivity contribution in [1.29, 1.82) is 0 Å². The van der Waals surface area contributed by atoms with Gasteiger partial charge in [0.05, 0.1) is 0 Å². The molecule has 3 nitrogen and oxygen atoms in total. The third kappa shape index (κ3) is 5.74. The third-order valence-corrected chi connectivity index (χ3v) is 10.1. The maximum Gasteiger partial charge on any atom is 0.121 e. The van der Waals surface area contributed by atoms with Crippen LogP contribution in [0.3, 0.4) is 0 Å². The topological polar surface area (TPSA) is 60.7 Å². The van der Waals surface area contributed by atoms with Crippen LogP contribution in [0.2, 0.25) is 0 Å². The highest BCUT2D eigenvalue weighted by atomic mass is 16.3. The summed E-state index contributed by atoms with van der Waals surface area (Å²) in [6.07, 6.45) is 4.57. The molecular weight excluding hydrogens is 540 g/mol. The van der Waals surface area contributed by atoms with Crippen molar-refractivity contribution in [3.8, 4) is 17.2 Å². The Labute approximate surface area is 265 Å². The third-order valence-electron chi connectivity index (χ3n) is 10.1. The van der Waals surface area contributed by atoms with Crippen LogP contribution in [0.1, 0.15) is 124 Å². The van der Waals surface area contributed by atoms with E-state index in [4.69, 9.17) is 0 Å². The van der Waals surface area contributed by atoms with E-state index in [2.05, 4.69) is 123 Å². The number of phenolic OH excluding ortho intramolecular Hbond substituents is 3. The van der Waals surface area contributed by atoms with Gasteiger partial charge < -0.3 is 15.3 Å². The molecule has 3 heteroatoms. The highest BCUT2D eigenvalue weighted by Crippen LogP contribution is 2.45. The molecule has 234 valence electrons. The summed E-state index contributed by atoms with van der Waals surface area (Å²) in [5.41, 5.74) is 10.9. The molecule has 0 saturated carbocycles. The van der Waals surface area contributed by atoms with Gasteiger partial charge in [-0.05, 0) is 107 Å². The van der Waals surface area contributed by atoms with Gasteiger partial charge in [-0.25, -0.2) is 0 Å². The van der Waals surface area contributed by atoms with Crippen molar-refractivity contribution in [2.75, 3.05) is 0 Å². The minimum atomic E-state index is -0.519. The largest absolute Gasteiger partial charge is 0.507 e. The SMILES string of the molecule is CCc1cc(C(C)(C)c2ccc(C(C)(c3cc(CC)c(O)c(CC)c3)c3cc(CC)c(O)c(CC)c3)cc2)cc(CC)c1O. The fourth-order valence-electron chi connectivity index (χ4n) is 6.72. The number of aryl methyl sites for hydroxylation is 6. The number of aromatic hydroxyl groups is 3. The molecule has 0 amide bonds. The lowest BCUT2D eigenvalue weighted by atomic mass is 9.68. The van der Waals surface area contributed by atoms with Crippen LogP contribution in [0.4, 0.5) is 0 Å². The molecule has 0 aliphatic heterocycles. The summed E-state index contributed by atoms with van der Waals surface area (Å²) < 4.78 is 0. The van der Waals surface area contributed by atoms with E-state index in [1.54, 1.807) is 0 Å². The molecule has 0 radical (unpaired) electrons. The number of hydrogen-bond donors (Lipinski definition) is 3. The quantitative estimate of drug-likeness (QED) is 0.152. The zero-order valence-electron chi connectivity index (χ0n) is 28.4. The van der Waals surface area contributed by atoms with Gasteiger partial charge in [0.1, 0.15) is 17.2 Å². The van der Waals surface area contributed by atoms with Crippen LogP contribution in [-0.2, 0) is 49.4 Å². The lowest BCUT2D eigenvalue weighted by Crippen LogP contribution is -2.27. The molecule has 4 aromatic carbocycles. The molecule has 44 heavy (non-hydrogen) atoms. The Morgan fingerprint density at radius 2 is 0.636 bits per heavy atom. The fraction of sp³-hybridized carbons (Fsp3) is 0.415. The van der Waals surface area contributed by atoms with E-state index < -0.39 is 5.41 Å². The van der Waals surface area contributed by atoms with Gasteiger partial charge in [-0.3, -0.25) is 0 Å². The van der Waals surface area contributed by atoms with Gasteiger partial charge >= 0.3 is 0 Å². The number of phenols is 3. The molecule has 0 fully saturated rings. The highest BCUT2D eigenvalue weighted by Gasteiger charge is 2.34. The van der Waals surface area contributed by atoms with Crippen LogP contribution < -0.4 is 0 Å². The first-order valence-corrected chi connectivity index (χ1v) is 16.6. The zero-order chi connectivity index (χ0) is 32.4. The molecule has 0 spiro atoms. The molecule has 0 unspecified atom stereocenters. The molecule has 3 N–H and O–H groups in total. The Kier molecular flexibility index (Phi) is 9.88. The number of benzene rings is 4. The zero-order valence-corrected chi connectivity index (χ0v) is 28.4. The fourth-order valence-corrected chi connectivity index (χ4v) is 6.72. The number of rotatable bonds is 11. The van der Waals surface area contributed by atoms with Crippen molar-refractivity contribution in [2.24, 2.45) is 0 Å². The lowest BCUT2D eigenvalue weighted by molar-refractivity contribution is 0.460. The Morgan fingerprint density at radius 1 is 0.386 bits per heavy atom. The van der Waals surface area contributed by atoms with E-state index in [0.29, 0.717) is 17.2 Å². The van der Waals surface area contributed by atoms with Crippen molar-refractivity contribution in [3.63, 3.8) is 0 Å². The predicted molar refractivity (Wildman–Crippen MR) is 185 cm³/mol. The van der Waals surface area contributed by atoms with Gasteiger partial charge in [0.25, 0.3) is 0 Å². The van der Waals surface area contributed by atoms with Crippen molar-refractivity contribution in [3.05, 3.63) is 122 Å². The summed E-state index contributed by atoms with van der Waals surface area (Å²) >= 11 is 0. The Morgan fingerprint density at radius 3 is 0.909 bits per heavy atom. The maximum atomic E-state index is 11.0. The van der Waals surface area contributed by atoms with Gasteiger partial charge in [0, 0.05) is 10.8 Å². The maximum absolute atomic E-state index is 11.0. The first-order valence-electron chi connectivity index (χ1n) is 16.6. The summed E-state index contributed by atoms with van der Waals surface area (Å²) in [5, 5.41) is 32.7. The molecule has 0 bridgehead atoms. The molecule has 0 aromatic heterocycles. The van der Waals surface area contributed by atoms with Crippen molar-refractivity contribution < 1.29 is 15.3 Å². The van der Waals surface area contributed by atoms with Gasteiger partial charge in [0.2, 0.25) is 0 Å². The van der Waals surface area contributed by atoms with Gasteiger partial charge in [0.15, 0.2) is 0 Å². The van der Waals surface area contributed by atoms with E-state index >= 15 is 0 Å². The van der Waals surface area contributed by atoms with Crippen LogP contribution in [0, 0.1) is 0 Å². The first kappa shape index (κ1) is 33.2. The normalized spacial score (nSPS) is 12.1. The van der Waals surface area contributed by atoms with E-state index in [-0.39, 0.29) is 5.41 Å². The summed E-state index contributed by atoms with van der Waals surface area (Å²) in [6.45, 7) is 19.4. The average molecular weight is 593 g/mol. The second-order valence-corrected chi connectivity index (χ2v) is 12.9. The van der Waals surface area contributed by atoms with E-state index in [0.717, 1.165) is 88.6 Å². The second kappa shape index (κ2) is 13.1. The van der Waals surface area contributed by atoms with E-state index in [1.165, 1.54) is 11.1 Å². The second-order valence-electron chi connectivity index (χ2n) is 12.9. The van der Waals surface area contributed by atoms with E-state index in [1.807, 2.05) is 0 Å². The average Bonchev–Trinajstić information content (AvgIpc) is 3.04. The molecular formula is C41H52O3. The van der Waals surface area contributed by atoms with Gasteiger partial charge in [-0.1, -0.05) is 116 Å². The Bertz CT molecular complexity index is 1490. The monoisotopic (exact) mass is 592 g/mol. The van der Waals surface area contributed by atoms with Crippen LogP contribution in [0.15, 0.2) is 60.7 Å². The first-order chi connectivity index (χ1) is 20.9. The predicted octanol–water partition coefficient (Wildman–Crippen LogP) is 9.86. The van der Waals surface area contributed by atoms with Crippen molar-refractivity contribution in [1.82, 2.24) is 0 Å². The van der Waals surface area contributed by atoms with Gasteiger partial charge in [-0.15, -0.1) is 0 Å². The van der Waals surface area contributed by atoms with E-state index in [9.17, 15) is 15.3 Å². The molecule has 0 saturated heterocycles. The smallest absolute Gasteiger partial charge is 0.121 e. The molecule has 4 rings (SSSR count). The van der Waals surface area contributed by atoms with Crippen molar-refractivity contribution in [2.45, 2.75) is 112 Å². The summed E-state index contributed by atoms with van der Waals surface area (Å²) in [6, 6.07) is 22.0.